The van der Waals surface area contributed by atoms with Gasteiger partial charge in [-0.3, -0.25) is 14.3 Å². The molecular formula is C26H27F6N3O3S. The number of halogens is 6. The molecule has 0 spiro atoms. The summed E-state index contributed by atoms with van der Waals surface area (Å²) in [6.45, 7) is 0.942. The molecule has 0 aliphatic heterocycles. The zero-order chi connectivity index (χ0) is 28.8. The second-order valence-electron chi connectivity index (χ2n) is 9.09. The van der Waals surface area contributed by atoms with Crippen LogP contribution in [0.15, 0.2) is 47.5 Å². The summed E-state index contributed by atoms with van der Waals surface area (Å²) < 4.78 is 76.3. The highest BCUT2D eigenvalue weighted by Crippen LogP contribution is 2.37. The Balaban J connectivity index is 1.60. The van der Waals surface area contributed by atoms with E-state index in [9.17, 15) is 41.0 Å². The highest BCUT2D eigenvalue weighted by atomic mass is 32.2. The molecule has 0 saturated carbocycles. The fourth-order valence-corrected chi connectivity index (χ4v) is 4.76. The summed E-state index contributed by atoms with van der Waals surface area (Å²) in [5.41, 5.74) is -3.97. The van der Waals surface area contributed by atoms with E-state index in [1.807, 2.05) is 6.92 Å². The van der Waals surface area contributed by atoms with Gasteiger partial charge in [0.2, 0.25) is 0 Å². The largest absolute Gasteiger partial charge is 0.506 e. The van der Waals surface area contributed by atoms with Crippen molar-refractivity contribution in [2.45, 2.75) is 62.2 Å². The summed E-state index contributed by atoms with van der Waals surface area (Å²) in [6, 6.07) is 7.98. The highest BCUT2D eigenvalue weighted by Gasteiger charge is 2.30. The number of fused-ring (bicyclic) bond motifs is 1. The van der Waals surface area contributed by atoms with Gasteiger partial charge in [0.15, 0.2) is 5.78 Å². The van der Waals surface area contributed by atoms with Crippen molar-refractivity contribution in [1.82, 2.24) is 15.1 Å². The lowest BCUT2D eigenvalue weighted by Crippen LogP contribution is -2.33. The van der Waals surface area contributed by atoms with Crippen LogP contribution in [-0.2, 0) is 6.54 Å². The third kappa shape index (κ3) is 9.19. The SMILES string of the molecule is CCCC(CCCC(=O)c1ccc(SC(F)(F)F)cc1)Cn1cc2c(O)c(C(=O)NCC(F)(F)F)ccc2n1. The lowest BCUT2D eigenvalue weighted by Gasteiger charge is -2.16. The van der Waals surface area contributed by atoms with Crippen molar-refractivity contribution in [2.24, 2.45) is 5.92 Å². The van der Waals surface area contributed by atoms with Crippen LogP contribution in [0.25, 0.3) is 10.9 Å². The number of hydrogen-bond donors (Lipinski definition) is 2. The average Bonchev–Trinajstić information content (AvgIpc) is 3.25. The van der Waals surface area contributed by atoms with Crippen LogP contribution in [0.1, 0.15) is 59.7 Å². The zero-order valence-electron chi connectivity index (χ0n) is 20.9. The van der Waals surface area contributed by atoms with Gasteiger partial charge in [-0.1, -0.05) is 25.5 Å². The maximum atomic E-state index is 12.5. The van der Waals surface area contributed by atoms with E-state index in [2.05, 4.69) is 5.10 Å². The molecule has 212 valence electrons. The minimum Gasteiger partial charge on any atom is -0.506 e. The third-order valence-electron chi connectivity index (χ3n) is 5.97. The van der Waals surface area contributed by atoms with Crippen molar-refractivity contribution in [1.29, 1.82) is 0 Å². The van der Waals surface area contributed by atoms with Gasteiger partial charge in [0.1, 0.15) is 12.3 Å². The van der Waals surface area contributed by atoms with Gasteiger partial charge in [-0.25, -0.2) is 0 Å². The van der Waals surface area contributed by atoms with Crippen LogP contribution < -0.4 is 5.32 Å². The fourth-order valence-electron chi connectivity index (χ4n) is 4.22. The van der Waals surface area contributed by atoms with E-state index in [-0.39, 0.29) is 45.7 Å². The summed E-state index contributed by atoms with van der Waals surface area (Å²) in [5.74, 6) is -1.56. The number of phenols is 1. The topological polar surface area (TPSA) is 84.2 Å². The van der Waals surface area contributed by atoms with Crippen molar-refractivity contribution in [3.63, 3.8) is 0 Å². The number of benzene rings is 2. The predicted molar refractivity (Wildman–Crippen MR) is 135 cm³/mol. The Hall–Kier alpha value is -3.22. The third-order valence-corrected chi connectivity index (χ3v) is 6.71. The molecule has 1 heterocycles. The van der Waals surface area contributed by atoms with Gasteiger partial charge < -0.3 is 10.4 Å². The molecule has 0 fully saturated rings. The number of nitrogens with one attached hydrogen (secondary N) is 1. The number of alkyl halides is 6. The molecular weight excluding hydrogens is 548 g/mol. The lowest BCUT2D eigenvalue weighted by atomic mass is 9.95. The predicted octanol–water partition coefficient (Wildman–Crippen LogP) is 7.12. The number of carbonyl (C=O) groups excluding carboxylic acids is 2. The average molecular weight is 576 g/mol. The monoisotopic (exact) mass is 575 g/mol. The smallest absolute Gasteiger partial charge is 0.446 e. The van der Waals surface area contributed by atoms with E-state index in [0.29, 0.717) is 30.5 Å². The van der Waals surface area contributed by atoms with Gasteiger partial charge >= 0.3 is 11.7 Å². The normalized spacial score (nSPS) is 13.0. The van der Waals surface area contributed by atoms with Crippen molar-refractivity contribution in [2.75, 3.05) is 6.54 Å². The second-order valence-corrected chi connectivity index (χ2v) is 10.2. The molecule has 2 aromatic carbocycles. The van der Waals surface area contributed by atoms with E-state index in [4.69, 9.17) is 0 Å². The maximum absolute atomic E-state index is 12.5. The number of nitrogens with zero attached hydrogens (tertiary/aromatic N) is 2. The quantitative estimate of drug-likeness (QED) is 0.137. The molecule has 2 N–H and O–H groups in total. The van der Waals surface area contributed by atoms with Crippen molar-refractivity contribution < 1.29 is 41.0 Å². The van der Waals surface area contributed by atoms with Crippen LogP contribution in [0.5, 0.6) is 5.75 Å². The number of aromatic hydroxyl groups is 1. The van der Waals surface area contributed by atoms with Gasteiger partial charge in [0.05, 0.1) is 16.5 Å². The molecule has 0 aliphatic carbocycles. The van der Waals surface area contributed by atoms with E-state index in [1.54, 1.807) is 10.00 Å². The molecule has 39 heavy (non-hydrogen) atoms. The van der Waals surface area contributed by atoms with Crippen molar-refractivity contribution in [3.05, 3.63) is 53.7 Å². The lowest BCUT2D eigenvalue weighted by molar-refractivity contribution is -0.123. The summed E-state index contributed by atoms with van der Waals surface area (Å²) in [5, 5.41) is 16.9. The van der Waals surface area contributed by atoms with Crippen molar-refractivity contribution >= 4 is 34.4 Å². The Morgan fingerprint density at radius 1 is 1.05 bits per heavy atom. The molecule has 0 saturated heterocycles. The first-order valence-corrected chi connectivity index (χ1v) is 13.0. The Kier molecular flexibility index (Phi) is 9.92. The fraction of sp³-hybridized carbons (Fsp3) is 0.423. The molecule has 13 heteroatoms. The molecule has 3 aromatic rings. The van der Waals surface area contributed by atoms with Crippen LogP contribution in [-0.4, -0.2) is 44.8 Å². The minimum absolute atomic E-state index is 0.00811. The second kappa shape index (κ2) is 12.8. The van der Waals surface area contributed by atoms with Gasteiger partial charge in [0.25, 0.3) is 5.91 Å². The number of hydrogen-bond acceptors (Lipinski definition) is 5. The van der Waals surface area contributed by atoms with E-state index < -0.39 is 29.9 Å². The van der Waals surface area contributed by atoms with E-state index in [0.717, 1.165) is 12.8 Å². The number of aromatic nitrogens is 2. The van der Waals surface area contributed by atoms with Gasteiger partial charge in [-0.2, -0.15) is 31.4 Å². The molecule has 6 nitrogen and oxygen atoms in total. The summed E-state index contributed by atoms with van der Waals surface area (Å²) in [6.07, 6.45) is 0.0909. The van der Waals surface area contributed by atoms with Crippen LogP contribution in [0, 0.1) is 5.92 Å². The maximum Gasteiger partial charge on any atom is 0.446 e. The summed E-state index contributed by atoms with van der Waals surface area (Å²) in [7, 11) is 0. The molecule has 0 radical (unpaired) electrons. The zero-order valence-corrected chi connectivity index (χ0v) is 21.7. The number of Topliss-reactive ketones (excluding diaryl/α,β-unsaturated/α-hetero) is 1. The number of rotatable bonds is 12. The number of amides is 1. The van der Waals surface area contributed by atoms with Crippen LogP contribution >= 0.6 is 11.8 Å². The Bertz CT molecular complexity index is 1290. The molecule has 0 aliphatic rings. The number of carbonyl (C=O) groups is 2. The number of thioether (sulfide) groups is 1. The van der Waals surface area contributed by atoms with Crippen LogP contribution in [0.4, 0.5) is 26.3 Å². The van der Waals surface area contributed by atoms with Gasteiger partial charge in [-0.15, -0.1) is 0 Å². The van der Waals surface area contributed by atoms with Gasteiger partial charge in [-0.05, 0) is 61.2 Å². The standard InChI is InChI=1S/C26H27F6N3O3S/c1-2-4-16(5-3-6-22(36)17-7-9-18(10-8-17)39-26(30,31)32)13-35-14-20-21(34-35)12-11-19(23(20)37)24(38)33-15-25(27,28)29/h7-12,14,16,37H,2-6,13,15H2,1H3,(H,33,38). The van der Waals surface area contributed by atoms with Crippen LogP contribution in [0.2, 0.25) is 0 Å². The molecule has 3 rings (SSSR count). The molecule has 1 aromatic heterocycles. The molecule has 1 amide bonds. The first-order chi connectivity index (χ1) is 18.3. The Morgan fingerprint density at radius 2 is 1.74 bits per heavy atom. The van der Waals surface area contributed by atoms with Gasteiger partial charge in [0, 0.05) is 29.6 Å². The summed E-state index contributed by atoms with van der Waals surface area (Å²) >= 11 is -0.239. The molecule has 0 bridgehead atoms. The number of phenolic OH excluding ortho intramolecular Hbond substituents is 1. The Labute approximate surface area is 224 Å². The first kappa shape index (κ1) is 30.3. The minimum atomic E-state index is -4.58. The molecule has 1 atom stereocenters. The highest BCUT2D eigenvalue weighted by molar-refractivity contribution is 8.00. The number of ketones is 1. The summed E-state index contributed by atoms with van der Waals surface area (Å²) in [4.78, 5) is 24.6. The Morgan fingerprint density at radius 3 is 2.36 bits per heavy atom. The van der Waals surface area contributed by atoms with E-state index in [1.165, 1.54) is 42.6 Å². The first-order valence-electron chi connectivity index (χ1n) is 12.2. The van der Waals surface area contributed by atoms with Crippen molar-refractivity contribution in [3.8, 4) is 5.75 Å². The van der Waals surface area contributed by atoms with E-state index >= 15 is 0 Å². The molecule has 1 unspecified atom stereocenters. The van der Waals surface area contributed by atoms with Crippen LogP contribution in [0.3, 0.4) is 0 Å².